The second-order valence-electron chi connectivity index (χ2n) is 10.6. The van der Waals surface area contributed by atoms with E-state index in [1.165, 1.54) is 44.4 Å². The highest BCUT2D eigenvalue weighted by Crippen LogP contribution is 2.57. The molecule has 0 amide bonds. The first kappa shape index (κ1) is 20.0. The van der Waals surface area contributed by atoms with Gasteiger partial charge in [-0.1, -0.05) is 87.5 Å². The summed E-state index contributed by atoms with van der Waals surface area (Å²) in [6, 6.07) is 27.2. The molecule has 0 saturated heterocycles. The predicted molar refractivity (Wildman–Crippen MR) is 140 cm³/mol. The van der Waals surface area contributed by atoms with Gasteiger partial charge in [0.25, 0.3) is 5.82 Å². The maximum Gasteiger partial charge on any atom is 0.291 e. The molecule has 0 saturated carbocycles. The molecule has 0 fully saturated rings. The number of nitrogens with zero attached hydrogens (tertiary/aromatic N) is 2. The van der Waals surface area contributed by atoms with Crippen molar-refractivity contribution in [1.82, 2.24) is 0 Å². The quantitative estimate of drug-likeness (QED) is 0.300. The Morgan fingerprint density at radius 3 is 2.03 bits per heavy atom. The zero-order valence-corrected chi connectivity index (χ0v) is 20.5. The van der Waals surface area contributed by atoms with Crippen LogP contribution in [0.2, 0.25) is 0 Å². The van der Waals surface area contributed by atoms with Crippen molar-refractivity contribution in [2.75, 3.05) is 4.90 Å². The van der Waals surface area contributed by atoms with E-state index in [1.807, 2.05) is 0 Å². The zero-order valence-electron chi connectivity index (χ0n) is 20.5. The van der Waals surface area contributed by atoms with Crippen LogP contribution in [0.5, 0.6) is 0 Å². The molecule has 1 spiro atoms. The zero-order chi connectivity index (χ0) is 23.3. The van der Waals surface area contributed by atoms with E-state index in [1.54, 1.807) is 0 Å². The summed E-state index contributed by atoms with van der Waals surface area (Å²) >= 11 is 0. The third kappa shape index (κ3) is 1.99. The number of benzene rings is 3. The topological polar surface area (TPSA) is 7.12 Å². The number of aromatic nitrogens is 1. The van der Waals surface area contributed by atoms with E-state index in [4.69, 9.17) is 0 Å². The lowest BCUT2D eigenvalue weighted by atomic mass is 9.60. The van der Waals surface area contributed by atoms with Gasteiger partial charge in [-0.3, -0.25) is 0 Å². The molecular weight excluding hydrogens is 412 g/mol. The summed E-state index contributed by atoms with van der Waals surface area (Å²) < 4.78 is 2.58. The van der Waals surface area contributed by atoms with Crippen LogP contribution in [-0.4, -0.2) is 5.54 Å². The predicted octanol–water partition coefficient (Wildman–Crippen LogP) is 7.08. The smallest absolute Gasteiger partial charge is 0.228 e. The molecule has 3 aliphatic rings. The maximum atomic E-state index is 2.61. The Bertz CT molecular complexity index is 1480. The Morgan fingerprint density at radius 1 is 0.735 bits per heavy atom. The maximum absolute atomic E-state index is 2.61. The third-order valence-corrected chi connectivity index (χ3v) is 9.70. The van der Waals surface area contributed by atoms with Gasteiger partial charge in [0, 0.05) is 22.6 Å². The van der Waals surface area contributed by atoms with Gasteiger partial charge in [0.15, 0.2) is 5.54 Å². The van der Waals surface area contributed by atoms with Crippen molar-refractivity contribution < 1.29 is 4.57 Å². The second-order valence-corrected chi connectivity index (χ2v) is 10.6. The molecule has 2 nitrogen and oxygen atoms in total. The first-order chi connectivity index (χ1) is 16.5. The Balaban J connectivity index is 1.68. The van der Waals surface area contributed by atoms with Gasteiger partial charge in [-0.2, -0.15) is 0 Å². The molecular formula is C32H31N2+. The molecule has 3 heterocycles. The van der Waals surface area contributed by atoms with Crippen molar-refractivity contribution in [3.63, 3.8) is 0 Å². The van der Waals surface area contributed by atoms with Crippen molar-refractivity contribution >= 4 is 16.6 Å². The minimum absolute atomic E-state index is 0.0259. The van der Waals surface area contributed by atoms with Crippen LogP contribution in [0.25, 0.3) is 21.9 Å². The number of hydrogen-bond donors (Lipinski definition) is 0. The molecule has 34 heavy (non-hydrogen) atoms. The summed E-state index contributed by atoms with van der Waals surface area (Å²) in [6.45, 7) is 9.65. The number of rotatable bonds is 2. The van der Waals surface area contributed by atoms with Gasteiger partial charge < -0.3 is 0 Å². The normalized spacial score (nSPS) is 25.0. The lowest BCUT2D eigenvalue weighted by Crippen LogP contribution is -2.68. The van der Waals surface area contributed by atoms with E-state index in [2.05, 4.69) is 128 Å². The van der Waals surface area contributed by atoms with E-state index in [0.29, 0.717) is 0 Å². The Kier molecular flexibility index (Phi) is 3.76. The van der Waals surface area contributed by atoms with Crippen molar-refractivity contribution in [3.8, 4) is 11.1 Å². The average Bonchev–Trinajstić information content (AvgIpc) is 3.17. The SMILES string of the molecule is CCC1(C)c2cccc3cc[n+]4c(c23)N(C=CC42c3ccccc3-c3ccccc32)C1(C)CC. The fourth-order valence-corrected chi connectivity index (χ4v) is 7.39. The third-order valence-electron chi connectivity index (χ3n) is 9.70. The Labute approximate surface area is 202 Å². The summed E-state index contributed by atoms with van der Waals surface area (Å²) in [4.78, 5) is 2.61. The van der Waals surface area contributed by atoms with Crippen LogP contribution in [0.1, 0.15) is 57.2 Å². The molecule has 2 atom stereocenters. The fourth-order valence-electron chi connectivity index (χ4n) is 7.39. The summed E-state index contributed by atoms with van der Waals surface area (Å²) in [5.74, 6) is 1.33. The minimum Gasteiger partial charge on any atom is -0.228 e. The molecule has 168 valence electrons. The lowest BCUT2D eigenvalue weighted by Gasteiger charge is -2.53. The van der Waals surface area contributed by atoms with Crippen LogP contribution in [0.4, 0.5) is 5.82 Å². The van der Waals surface area contributed by atoms with E-state index >= 15 is 0 Å². The first-order valence-electron chi connectivity index (χ1n) is 12.7. The van der Waals surface area contributed by atoms with Crippen LogP contribution in [0.3, 0.4) is 0 Å². The largest absolute Gasteiger partial charge is 0.291 e. The molecule has 7 rings (SSSR count). The first-order valence-corrected chi connectivity index (χ1v) is 12.7. The Hall–Kier alpha value is -3.39. The number of pyridine rings is 1. The molecule has 0 bridgehead atoms. The highest BCUT2D eigenvalue weighted by molar-refractivity contribution is 5.97. The van der Waals surface area contributed by atoms with Crippen LogP contribution < -0.4 is 9.47 Å². The summed E-state index contributed by atoms with van der Waals surface area (Å²) in [5.41, 5.74) is 6.60. The van der Waals surface area contributed by atoms with Crippen LogP contribution >= 0.6 is 0 Å². The van der Waals surface area contributed by atoms with Crippen molar-refractivity contribution in [3.05, 3.63) is 108 Å². The van der Waals surface area contributed by atoms with E-state index in [0.717, 1.165) is 12.8 Å². The fraction of sp³-hybridized carbons (Fsp3) is 0.281. The van der Waals surface area contributed by atoms with Gasteiger partial charge in [-0.15, -0.1) is 0 Å². The van der Waals surface area contributed by atoms with Gasteiger partial charge in [-0.05, 0) is 47.9 Å². The summed E-state index contributed by atoms with van der Waals surface area (Å²) in [6.07, 6.45) is 9.40. The van der Waals surface area contributed by atoms with Gasteiger partial charge in [0.2, 0.25) is 0 Å². The van der Waals surface area contributed by atoms with Gasteiger partial charge in [0.1, 0.15) is 5.54 Å². The molecule has 3 aromatic carbocycles. The molecule has 2 heteroatoms. The molecule has 0 radical (unpaired) electrons. The molecule has 1 aliphatic carbocycles. The molecule has 1 aromatic heterocycles. The van der Waals surface area contributed by atoms with Crippen LogP contribution in [0.15, 0.2) is 91.3 Å². The number of hydrogen-bond acceptors (Lipinski definition) is 1. The van der Waals surface area contributed by atoms with E-state index in [9.17, 15) is 0 Å². The van der Waals surface area contributed by atoms with Crippen molar-refractivity contribution in [2.24, 2.45) is 0 Å². The number of fused-ring (bicyclic) bond motifs is 6. The lowest BCUT2D eigenvalue weighted by molar-refractivity contribution is -0.721. The van der Waals surface area contributed by atoms with Crippen LogP contribution in [-0.2, 0) is 11.0 Å². The second kappa shape index (κ2) is 6.39. The van der Waals surface area contributed by atoms with Gasteiger partial charge in [0.05, 0.1) is 17.8 Å². The van der Waals surface area contributed by atoms with Crippen molar-refractivity contribution in [1.29, 1.82) is 0 Å². The summed E-state index contributed by atoms with van der Waals surface area (Å²) in [5, 5.41) is 2.74. The van der Waals surface area contributed by atoms with Gasteiger partial charge in [-0.25, -0.2) is 9.47 Å². The van der Waals surface area contributed by atoms with E-state index in [-0.39, 0.29) is 16.5 Å². The minimum atomic E-state index is -0.338. The molecule has 0 N–H and O–H groups in total. The van der Waals surface area contributed by atoms with Crippen molar-refractivity contribution in [2.45, 2.75) is 57.0 Å². The Morgan fingerprint density at radius 2 is 1.38 bits per heavy atom. The highest BCUT2D eigenvalue weighted by Gasteiger charge is 2.60. The average molecular weight is 444 g/mol. The van der Waals surface area contributed by atoms with Gasteiger partial charge >= 0.3 is 0 Å². The summed E-state index contributed by atoms with van der Waals surface area (Å²) in [7, 11) is 0. The number of anilines is 1. The molecule has 2 aliphatic heterocycles. The van der Waals surface area contributed by atoms with E-state index < -0.39 is 0 Å². The van der Waals surface area contributed by atoms with Crippen LogP contribution in [0, 0.1) is 0 Å². The highest BCUT2D eigenvalue weighted by atomic mass is 15.3. The molecule has 2 unspecified atom stereocenters. The monoisotopic (exact) mass is 443 g/mol. The standard InChI is InChI=1S/C32H31N2/c1-5-30(3)27-17-11-12-22-18-20-34-29(28(22)27)33(31(30,4)6-2)21-19-32(34)25-15-9-7-13-23(25)24-14-8-10-16-26(24)32/h7-21H,5-6H2,1-4H3/q+1. The molecule has 4 aromatic rings. The number of allylic oxidation sites excluding steroid dienone is 1.